The lowest BCUT2D eigenvalue weighted by molar-refractivity contribution is 0.603. The van der Waals surface area contributed by atoms with Crippen molar-refractivity contribution < 1.29 is 0 Å². The molecule has 0 radical (unpaired) electrons. The largest absolute Gasteiger partial charge is 0.325 e. The van der Waals surface area contributed by atoms with Crippen molar-refractivity contribution in [2.24, 2.45) is 12.8 Å². The van der Waals surface area contributed by atoms with E-state index in [-0.39, 0.29) is 0 Å². The Balaban J connectivity index is 2.18. The first-order valence-corrected chi connectivity index (χ1v) is 4.64. The fourth-order valence-electron chi connectivity index (χ4n) is 1.24. The monoisotopic (exact) mass is 207 g/mol. The molecule has 0 fully saturated rings. The molecule has 2 N–H and O–H groups in total. The number of hydrogen-bond donors (Lipinski definition) is 1. The Morgan fingerprint density at radius 1 is 1.33 bits per heavy atom. The Hall–Kier alpha value is -1.76. The molecule has 2 heterocycles. The predicted molar refractivity (Wildman–Crippen MR) is 52.8 cm³/mol. The van der Waals surface area contributed by atoms with Crippen LogP contribution in [0.5, 0.6) is 0 Å². The maximum atomic E-state index is 5.44. The molecule has 0 aliphatic rings. The first kappa shape index (κ1) is 9.78. The van der Waals surface area contributed by atoms with Gasteiger partial charge in [0.25, 0.3) is 0 Å². The zero-order valence-corrected chi connectivity index (χ0v) is 8.75. The standard InChI is InChI=1S/C8H13N7/c1-6-10-12-8(14(6)2)5-15-4-7(3-9)11-13-15/h4H,3,5,9H2,1-2H3. The second kappa shape index (κ2) is 3.77. The molecule has 0 unspecified atom stereocenters. The van der Waals surface area contributed by atoms with Gasteiger partial charge in [0, 0.05) is 13.6 Å². The lowest BCUT2D eigenvalue weighted by atomic mass is 10.5. The maximum absolute atomic E-state index is 5.44. The Bertz CT molecular complexity index is 455. The van der Waals surface area contributed by atoms with Gasteiger partial charge in [0.2, 0.25) is 0 Å². The summed E-state index contributed by atoms with van der Waals surface area (Å²) in [7, 11) is 1.92. The fraction of sp³-hybridized carbons (Fsp3) is 0.500. The Morgan fingerprint density at radius 2 is 2.13 bits per heavy atom. The highest BCUT2D eigenvalue weighted by Crippen LogP contribution is 2.00. The van der Waals surface area contributed by atoms with E-state index in [2.05, 4.69) is 20.5 Å². The summed E-state index contributed by atoms with van der Waals surface area (Å²) in [6, 6.07) is 0. The molecule has 0 atom stereocenters. The Kier molecular flexibility index (Phi) is 2.46. The molecule has 0 saturated carbocycles. The van der Waals surface area contributed by atoms with Crippen molar-refractivity contribution in [3.8, 4) is 0 Å². The topological polar surface area (TPSA) is 87.4 Å². The van der Waals surface area contributed by atoms with E-state index >= 15 is 0 Å². The summed E-state index contributed by atoms with van der Waals surface area (Å²) in [5.74, 6) is 1.73. The van der Waals surface area contributed by atoms with E-state index in [1.807, 2.05) is 24.7 Å². The summed E-state index contributed by atoms with van der Waals surface area (Å²) in [5, 5.41) is 15.8. The molecular formula is C8H13N7. The molecule has 2 aromatic rings. The SMILES string of the molecule is Cc1nnc(Cn2cc(CN)nn2)n1C. The Morgan fingerprint density at radius 3 is 2.67 bits per heavy atom. The number of hydrogen-bond acceptors (Lipinski definition) is 5. The van der Waals surface area contributed by atoms with E-state index in [1.165, 1.54) is 0 Å². The van der Waals surface area contributed by atoms with Gasteiger partial charge in [0.15, 0.2) is 5.82 Å². The number of aryl methyl sites for hydroxylation is 1. The van der Waals surface area contributed by atoms with Gasteiger partial charge in [0.05, 0.1) is 11.9 Å². The average Bonchev–Trinajstić information content (AvgIpc) is 2.80. The summed E-state index contributed by atoms with van der Waals surface area (Å²) in [5.41, 5.74) is 6.21. The highest BCUT2D eigenvalue weighted by atomic mass is 15.4. The van der Waals surface area contributed by atoms with Crippen LogP contribution in [-0.4, -0.2) is 29.8 Å². The van der Waals surface area contributed by atoms with Crippen LogP contribution in [0.4, 0.5) is 0 Å². The zero-order chi connectivity index (χ0) is 10.8. The summed E-state index contributed by atoms with van der Waals surface area (Å²) in [6.45, 7) is 2.87. The number of aromatic nitrogens is 6. The van der Waals surface area contributed by atoms with E-state index in [9.17, 15) is 0 Å². The molecule has 2 rings (SSSR count). The molecule has 0 aromatic carbocycles. The first-order chi connectivity index (χ1) is 7.20. The first-order valence-electron chi connectivity index (χ1n) is 4.64. The van der Waals surface area contributed by atoms with E-state index in [4.69, 9.17) is 5.73 Å². The van der Waals surface area contributed by atoms with Gasteiger partial charge in [0.1, 0.15) is 12.4 Å². The third-order valence-electron chi connectivity index (χ3n) is 2.28. The van der Waals surface area contributed by atoms with Gasteiger partial charge in [-0.2, -0.15) is 0 Å². The minimum absolute atomic E-state index is 0.401. The van der Waals surface area contributed by atoms with Crippen LogP contribution in [0, 0.1) is 6.92 Å². The summed E-state index contributed by atoms with van der Waals surface area (Å²) in [6.07, 6.45) is 1.81. The number of rotatable bonds is 3. The van der Waals surface area contributed by atoms with Crippen molar-refractivity contribution in [3.05, 3.63) is 23.5 Å². The molecule has 0 amide bonds. The quantitative estimate of drug-likeness (QED) is 0.713. The second-order valence-corrected chi connectivity index (χ2v) is 3.33. The van der Waals surface area contributed by atoms with E-state index in [0.717, 1.165) is 17.3 Å². The van der Waals surface area contributed by atoms with Crippen molar-refractivity contribution >= 4 is 0 Å². The van der Waals surface area contributed by atoms with Gasteiger partial charge in [-0.05, 0) is 6.92 Å². The lowest BCUT2D eigenvalue weighted by Gasteiger charge is -2.00. The number of nitrogens with zero attached hydrogens (tertiary/aromatic N) is 6. The van der Waals surface area contributed by atoms with Crippen LogP contribution in [0.2, 0.25) is 0 Å². The summed E-state index contributed by atoms with van der Waals surface area (Å²) >= 11 is 0. The van der Waals surface area contributed by atoms with Crippen LogP contribution < -0.4 is 5.73 Å². The fourth-order valence-corrected chi connectivity index (χ4v) is 1.24. The molecule has 80 valence electrons. The molecule has 2 aromatic heterocycles. The molecule has 0 bridgehead atoms. The smallest absolute Gasteiger partial charge is 0.154 e. The summed E-state index contributed by atoms with van der Waals surface area (Å²) in [4.78, 5) is 0. The van der Waals surface area contributed by atoms with Crippen molar-refractivity contribution in [1.29, 1.82) is 0 Å². The Labute approximate surface area is 86.9 Å². The molecule has 15 heavy (non-hydrogen) atoms. The van der Waals surface area contributed by atoms with Crippen LogP contribution in [0.25, 0.3) is 0 Å². The van der Waals surface area contributed by atoms with Crippen LogP contribution in [-0.2, 0) is 20.1 Å². The highest BCUT2D eigenvalue weighted by Gasteiger charge is 2.06. The van der Waals surface area contributed by atoms with Crippen molar-refractivity contribution in [3.63, 3.8) is 0 Å². The zero-order valence-electron chi connectivity index (χ0n) is 8.75. The highest BCUT2D eigenvalue weighted by molar-refractivity contribution is 4.96. The average molecular weight is 207 g/mol. The molecule has 0 spiro atoms. The minimum Gasteiger partial charge on any atom is -0.325 e. The minimum atomic E-state index is 0.401. The van der Waals surface area contributed by atoms with Gasteiger partial charge in [-0.1, -0.05) is 5.21 Å². The maximum Gasteiger partial charge on any atom is 0.154 e. The lowest BCUT2D eigenvalue weighted by Crippen LogP contribution is -2.07. The molecular weight excluding hydrogens is 194 g/mol. The van der Waals surface area contributed by atoms with Gasteiger partial charge in [-0.15, -0.1) is 15.3 Å². The van der Waals surface area contributed by atoms with E-state index in [0.29, 0.717) is 13.1 Å². The van der Waals surface area contributed by atoms with Crippen LogP contribution in [0.1, 0.15) is 17.3 Å². The molecule has 0 aliphatic heterocycles. The molecule has 7 nitrogen and oxygen atoms in total. The predicted octanol–water partition coefficient (Wildman–Crippen LogP) is -0.778. The normalized spacial score (nSPS) is 10.9. The van der Waals surface area contributed by atoms with Crippen molar-refractivity contribution in [2.45, 2.75) is 20.0 Å². The summed E-state index contributed by atoms with van der Waals surface area (Å²) < 4.78 is 3.62. The van der Waals surface area contributed by atoms with Crippen molar-refractivity contribution in [2.75, 3.05) is 0 Å². The van der Waals surface area contributed by atoms with Crippen molar-refractivity contribution in [1.82, 2.24) is 29.8 Å². The number of nitrogens with two attached hydrogens (primary N) is 1. The van der Waals surface area contributed by atoms with Gasteiger partial charge in [-0.3, -0.25) is 0 Å². The third kappa shape index (κ3) is 1.86. The third-order valence-corrected chi connectivity index (χ3v) is 2.28. The molecule has 0 aliphatic carbocycles. The van der Waals surface area contributed by atoms with E-state index < -0.39 is 0 Å². The molecule has 0 saturated heterocycles. The van der Waals surface area contributed by atoms with Gasteiger partial charge in [-0.25, -0.2) is 4.68 Å². The van der Waals surface area contributed by atoms with Crippen LogP contribution in [0.15, 0.2) is 6.20 Å². The van der Waals surface area contributed by atoms with Gasteiger partial charge < -0.3 is 10.3 Å². The molecule has 7 heteroatoms. The second-order valence-electron chi connectivity index (χ2n) is 3.33. The van der Waals surface area contributed by atoms with E-state index in [1.54, 1.807) is 4.68 Å². The van der Waals surface area contributed by atoms with Crippen LogP contribution in [0.3, 0.4) is 0 Å². The van der Waals surface area contributed by atoms with Gasteiger partial charge >= 0.3 is 0 Å². The van der Waals surface area contributed by atoms with Crippen LogP contribution >= 0.6 is 0 Å².